The number of nitrogens with zero attached hydrogens (tertiary/aromatic N) is 2. The first kappa shape index (κ1) is 14.7. The first-order chi connectivity index (χ1) is 10.1. The minimum atomic E-state index is -2.51. The van der Waals surface area contributed by atoms with E-state index in [9.17, 15) is 8.78 Å². The zero-order chi connectivity index (χ0) is 14.8. The molecule has 112 valence electrons. The molecule has 1 aliphatic heterocycles. The van der Waals surface area contributed by atoms with Crippen molar-refractivity contribution in [3.8, 4) is 0 Å². The summed E-state index contributed by atoms with van der Waals surface area (Å²) in [7, 11) is 0. The summed E-state index contributed by atoms with van der Waals surface area (Å²) in [6, 6.07) is 5.62. The van der Waals surface area contributed by atoms with E-state index in [1.54, 1.807) is 6.20 Å². The third kappa shape index (κ3) is 3.17. The maximum Gasteiger partial charge on any atom is 0.265 e. The minimum absolute atomic E-state index is 0.00798. The molecule has 21 heavy (non-hydrogen) atoms. The molecule has 2 heterocycles. The van der Waals surface area contributed by atoms with Crippen molar-refractivity contribution in [2.24, 2.45) is 5.92 Å². The van der Waals surface area contributed by atoms with Crippen LogP contribution in [-0.2, 0) is 0 Å². The Morgan fingerprint density at radius 1 is 1.38 bits per heavy atom. The number of fused-ring (bicyclic) bond motifs is 1. The van der Waals surface area contributed by atoms with Gasteiger partial charge in [0.2, 0.25) is 0 Å². The fourth-order valence-electron chi connectivity index (χ4n) is 2.59. The van der Waals surface area contributed by atoms with Crippen molar-refractivity contribution in [1.82, 2.24) is 14.6 Å². The molecule has 1 atom stereocenters. The van der Waals surface area contributed by atoms with Crippen LogP contribution in [0.5, 0.6) is 0 Å². The van der Waals surface area contributed by atoms with Gasteiger partial charge in [-0.3, -0.25) is 4.98 Å². The van der Waals surface area contributed by atoms with Gasteiger partial charge >= 0.3 is 0 Å². The summed E-state index contributed by atoms with van der Waals surface area (Å²) in [5.74, 6) is 0.553. The lowest BCUT2D eigenvalue weighted by atomic mass is 10.1. The number of hydrogen-bond acceptors (Lipinski definition) is 4. The van der Waals surface area contributed by atoms with E-state index in [4.69, 9.17) is 0 Å². The molecular formula is C15H17F2N3S. The van der Waals surface area contributed by atoms with Crippen molar-refractivity contribution < 1.29 is 8.78 Å². The third-order valence-corrected chi connectivity index (χ3v) is 4.61. The zero-order valence-corrected chi connectivity index (χ0v) is 12.5. The Kier molecular flexibility index (Phi) is 4.37. The lowest BCUT2D eigenvalue weighted by Crippen LogP contribution is -2.42. The molecule has 3 rings (SSSR count). The zero-order valence-electron chi connectivity index (χ0n) is 11.7. The second-order valence-corrected chi connectivity index (χ2v) is 6.50. The van der Waals surface area contributed by atoms with Crippen LogP contribution in [0.15, 0.2) is 35.5 Å². The molecule has 1 unspecified atom stereocenters. The van der Waals surface area contributed by atoms with Crippen LogP contribution in [0.25, 0.3) is 10.8 Å². The van der Waals surface area contributed by atoms with Gasteiger partial charge < -0.3 is 5.32 Å². The molecule has 6 heteroatoms. The Bertz CT molecular complexity index is 630. The Balaban J connectivity index is 1.98. The Hall–Kier alpha value is -1.24. The van der Waals surface area contributed by atoms with Gasteiger partial charge in [-0.2, -0.15) is 0 Å². The molecule has 3 nitrogen and oxygen atoms in total. The molecule has 1 saturated heterocycles. The highest BCUT2D eigenvalue weighted by atomic mass is 32.2. The van der Waals surface area contributed by atoms with Gasteiger partial charge in [0.05, 0.1) is 6.67 Å². The van der Waals surface area contributed by atoms with Crippen molar-refractivity contribution in [1.29, 1.82) is 0 Å². The smallest absolute Gasteiger partial charge is 0.265 e. The molecule has 0 saturated carbocycles. The van der Waals surface area contributed by atoms with Crippen LogP contribution < -0.4 is 5.32 Å². The fourth-order valence-corrected chi connectivity index (χ4v) is 3.82. The largest absolute Gasteiger partial charge is 0.303 e. The van der Waals surface area contributed by atoms with Crippen molar-refractivity contribution >= 4 is 22.7 Å². The van der Waals surface area contributed by atoms with Crippen LogP contribution in [0, 0.1) is 5.92 Å². The quantitative estimate of drug-likeness (QED) is 0.876. The van der Waals surface area contributed by atoms with Crippen LogP contribution in [-0.4, -0.2) is 29.0 Å². The monoisotopic (exact) mass is 309 g/mol. The standard InChI is InChI=1S/C15H17F2N3S/c1-10-5-19-9-20(8-10)21-13-4-2-3-11-6-18-7-12(14(11)13)15(16)17/h2-4,6-7,10,15,19H,5,8-9H2,1H3. The molecule has 0 radical (unpaired) electrons. The Labute approximate surface area is 126 Å². The Morgan fingerprint density at radius 3 is 3.00 bits per heavy atom. The predicted octanol–water partition coefficient (Wildman–Crippen LogP) is 3.68. The number of hydrogen-bond donors (Lipinski definition) is 1. The highest BCUT2D eigenvalue weighted by Gasteiger charge is 2.20. The van der Waals surface area contributed by atoms with Crippen LogP contribution >= 0.6 is 11.9 Å². The average Bonchev–Trinajstić information content (AvgIpc) is 2.47. The summed E-state index contributed by atoms with van der Waals surface area (Å²) < 4.78 is 28.7. The van der Waals surface area contributed by atoms with Gasteiger partial charge in [-0.05, 0) is 23.9 Å². The summed E-state index contributed by atoms with van der Waals surface area (Å²) in [6.45, 7) is 4.89. The van der Waals surface area contributed by atoms with Crippen molar-refractivity contribution in [2.45, 2.75) is 18.2 Å². The van der Waals surface area contributed by atoms with Crippen LogP contribution in [0.1, 0.15) is 18.9 Å². The van der Waals surface area contributed by atoms with E-state index in [0.29, 0.717) is 11.3 Å². The predicted molar refractivity (Wildman–Crippen MR) is 81.3 cm³/mol. The molecule has 0 amide bonds. The number of aromatic nitrogens is 1. The first-order valence-electron chi connectivity index (χ1n) is 6.93. The average molecular weight is 309 g/mol. The van der Waals surface area contributed by atoms with Crippen molar-refractivity contribution in [2.75, 3.05) is 19.8 Å². The van der Waals surface area contributed by atoms with Gasteiger partial charge in [-0.15, -0.1) is 0 Å². The maximum atomic E-state index is 13.2. The second kappa shape index (κ2) is 6.25. The van der Waals surface area contributed by atoms with Gasteiger partial charge in [-0.1, -0.05) is 19.1 Å². The summed E-state index contributed by atoms with van der Waals surface area (Å²) in [6.07, 6.45) is 0.401. The summed E-state index contributed by atoms with van der Waals surface area (Å²) in [5, 5.41) is 4.71. The normalized spacial score (nSPS) is 20.3. The van der Waals surface area contributed by atoms with E-state index < -0.39 is 6.43 Å². The molecule has 2 aromatic rings. The molecule has 1 fully saturated rings. The molecule has 1 aliphatic rings. The van der Waals surface area contributed by atoms with Crippen LogP contribution in [0.4, 0.5) is 8.78 Å². The van der Waals surface area contributed by atoms with E-state index in [1.165, 1.54) is 18.1 Å². The number of pyridine rings is 1. The number of alkyl halides is 2. The topological polar surface area (TPSA) is 28.2 Å². The molecule has 0 aliphatic carbocycles. The highest BCUT2D eigenvalue weighted by molar-refractivity contribution is 7.97. The molecule has 1 N–H and O–H groups in total. The lowest BCUT2D eigenvalue weighted by Gasteiger charge is -2.30. The van der Waals surface area contributed by atoms with Gasteiger partial charge in [-0.25, -0.2) is 13.1 Å². The minimum Gasteiger partial charge on any atom is -0.303 e. The number of halogens is 2. The van der Waals surface area contributed by atoms with Crippen LogP contribution in [0.2, 0.25) is 0 Å². The van der Waals surface area contributed by atoms with E-state index >= 15 is 0 Å². The number of nitrogens with one attached hydrogen (secondary N) is 1. The lowest BCUT2D eigenvalue weighted by molar-refractivity contribution is 0.152. The van der Waals surface area contributed by atoms with Gasteiger partial charge in [0.15, 0.2) is 0 Å². The van der Waals surface area contributed by atoms with Gasteiger partial charge in [0.1, 0.15) is 0 Å². The van der Waals surface area contributed by atoms with E-state index in [0.717, 1.165) is 30.0 Å². The van der Waals surface area contributed by atoms with Crippen LogP contribution in [0.3, 0.4) is 0 Å². The summed E-state index contributed by atoms with van der Waals surface area (Å²) in [5.41, 5.74) is 0.00798. The van der Waals surface area contributed by atoms with Crippen molar-refractivity contribution in [3.05, 3.63) is 36.2 Å². The molecule has 0 bridgehead atoms. The molecule has 1 aromatic heterocycles. The maximum absolute atomic E-state index is 13.2. The molecular weight excluding hydrogens is 292 g/mol. The SMILES string of the molecule is CC1CNCN(Sc2cccc3cncc(C(F)F)c23)C1. The van der Waals surface area contributed by atoms with E-state index in [1.807, 2.05) is 18.2 Å². The molecule has 1 aromatic carbocycles. The fraction of sp³-hybridized carbons (Fsp3) is 0.400. The second-order valence-electron chi connectivity index (χ2n) is 5.36. The van der Waals surface area contributed by atoms with Gasteiger partial charge in [0.25, 0.3) is 6.43 Å². The number of benzene rings is 1. The first-order valence-corrected chi connectivity index (χ1v) is 7.71. The highest BCUT2D eigenvalue weighted by Crippen LogP contribution is 2.36. The Morgan fingerprint density at radius 2 is 2.24 bits per heavy atom. The van der Waals surface area contributed by atoms with Crippen molar-refractivity contribution in [3.63, 3.8) is 0 Å². The number of rotatable bonds is 3. The van der Waals surface area contributed by atoms with Gasteiger partial charge in [0, 0.05) is 46.7 Å². The summed E-state index contributed by atoms with van der Waals surface area (Å²) >= 11 is 1.54. The van der Waals surface area contributed by atoms with E-state index in [-0.39, 0.29) is 5.56 Å². The third-order valence-electron chi connectivity index (χ3n) is 3.53. The summed E-state index contributed by atoms with van der Waals surface area (Å²) in [4.78, 5) is 4.78. The van der Waals surface area contributed by atoms with E-state index in [2.05, 4.69) is 21.5 Å². The molecule has 0 spiro atoms.